The molecule has 2 aliphatic rings. The van der Waals surface area contributed by atoms with E-state index < -0.39 is 0 Å². The van der Waals surface area contributed by atoms with Crippen molar-refractivity contribution in [2.24, 2.45) is 12.8 Å². The Morgan fingerprint density at radius 2 is 2.15 bits per heavy atom. The van der Waals surface area contributed by atoms with Crippen molar-refractivity contribution >= 4 is 10.9 Å². The van der Waals surface area contributed by atoms with E-state index in [4.69, 9.17) is 10.6 Å². The number of aryl methyl sites for hydroxylation is 1. The van der Waals surface area contributed by atoms with Gasteiger partial charge in [-0.25, -0.2) is 0 Å². The van der Waals surface area contributed by atoms with Crippen LogP contribution in [0.5, 0.6) is 0 Å². The predicted molar refractivity (Wildman–Crippen MR) is 79.2 cm³/mol. The van der Waals surface area contributed by atoms with Crippen LogP contribution >= 0.6 is 0 Å². The second-order valence-electron chi connectivity index (χ2n) is 5.91. The molecule has 1 unspecified atom stereocenters. The molecule has 2 aliphatic heterocycles. The van der Waals surface area contributed by atoms with Gasteiger partial charge in [-0.05, 0) is 24.5 Å². The Morgan fingerprint density at radius 1 is 1.35 bits per heavy atom. The standard InChI is InChI=1S/C16H21N3O/c1-3-12-14(17)16-15-11(8-9-19(12)20-16)10-6-4-5-7-13(10)18(15)2/h4-7,12,14,16H,3,8-9,17H2,1-2H3/t12-,14-,16+/m1/s1. The van der Waals surface area contributed by atoms with E-state index in [0.29, 0.717) is 6.04 Å². The molecule has 2 bridgehead atoms. The number of nitrogens with zero attached hydrogens (tertiary/aromatic N) is 2. The summed E-state index contributed by atoms with van der Waals surface area (Å²) in [6.45, 7) is 3.12. The molecular weight excluding hydrogens is 250 g/mol. The third kappa shape index (κ3) is 1.47. The fourth-order valence-electron chi connectivity index (χ4n) is 3.95. The lowest BCUT2D eigenvalue weighted by atomic mass is 9.94. The lowest BCUT2D eigenvalue weighted by Gasteiger charge is -2.23. The third-order valence-electron chi connectivity index (χ3n) is 4.94. The minimum Gasteiger partial charge on any atom is -0.345 e. The summed E-state index contributed by atoms with van der Waals surface area (Å²) in [5.74, 6) is 0. The van der Waals surface area contributed by atoms with Gasteiger partial charge in [-0.15, -0.1) is 0 Å². The largest absolute Gasteiger partial charge is 0.345 e. The molecule has 0 saturated carbocycles. The summed E-state index contributed by atoms with van der Waals surface area (Å²) < 4.78 is 2.27. The minimum absolute atomic E-state index is 0.00477. The molecule has 4 heteroatoms. The molecule has 3 heterocycles. The molecule has 106 valence electrons. The highest BCUT2D eigenvalue weighted by Gasteiger charge is 2.45. The summed E-state index contributed by atoms with van der Waals surface area (Å²) in [5.41, 5.74) is 10.4. The van der Waals surface area contributed by atoms with Crippen LogP contribution in [0.1, 0.15) is 30.7 Å². The van der Waals surface area contributed by atoms with Crippen LogP contribution in [0.3, 0.4) is 0 Å². The first kappa shape index (κ1) is 12.4. The Hall–Kier alpha value is -1.36. The zero-order valence-electron chi connectivity index (χ0n) is 12.0. The maximum Gasteiger partial charge on any atom is 0.136 e. The maximum absolute atomic E-state index is 6.47. The van der Waals surface area contributed by atoms with Gasteiger partial charge in [0.05, 0.1) is 17.8 Å². The van der Waals surface area contributed by atoms with Crippen LogP contribution in [0.4, 0.5) is 0 Å². The quantitative estimate of drug-likeness (QED) is 0.864. The number of aromatic nitrogens is 1. The second-order valence-corrected chi connectivity index (χ2v) is 5.91. The summed E-state index contributed by atoms with van der Waals surface area (Å²) in [6, 6.07) is 9.00. The Morgan fingerprint density at radius 3 is 2.95 bits per heavy atom. The zero-order valence-corrected chi connectivity index (χ0v) is 12.0. The SMILES string of the molecule is CC[C@@H]1[C@@H](N)[C@@H]2ON1CCc1c2n(C)c2ccccc12. The Bertz CT molecular complexity index is 663. The number of benzene rings is 1. The van der Waals surface area contributed by atoms with Gasteiger partial charge >= 0.3 is 0 Å². The maximum atomic E-state index is 6.47. The monoisotopic (exact) mass is 271 g/mol. The molecule has 1 saturated heterocycles. The average Bonchev–Trinajstić information content (AvgIpc) is 2.82. The van der Waals surface area contributed by atoms with Gasteiger partial charge in [0.2, 0.25) is 0 Å². The molecule has 0 aliphatic carbocycles. The van der Waals surface area contributed by atoms with Gasteiger partial charge in [0.1, 0.15) is 6.10 Å². The molecule has 1 aromatic heterocycles. The predicted octanol–water partition coefficient (Wildman–Crippen LogP) is 2.13. The second kappa shape index (κ2) is 4.32. The number of hydrogen-bond donors (Lipinski definition) is 1. The molecule has 4 rings (SSSR count). The molecule has 4 atom stereocenters. The molecule has 2 aromatic rings. The smallest absolute Gasteiger partial charge is 0.136 e. The minimum atomic E-state index is -0.00477. The highest BCUT2D eigenvalue weighted by molar-refractivity contribution is 5.85. The first-order chi connectivity index (χ1) is 9.72. The summed E-state index contributed by atoms with van der Waals surface area (Å²) in [4.78, 5) is 6.16. The van der Waals surface area contributed by atoms with Crippen LogP contribution in [0.2, 0.25) is 0 Å². The number of rotatable bonds is 1. The number of hydrogen-bond acceptors (Lipinski definition) is 3. The first-order valence-corrected chi connectivity index (χ1v) is 7.47. The van der Waals surface area contributed by atoms with Crippen LogP contribution in [-0.2, 0) is 18.3 Å². The molecule has 20 heavy (non-hydrogen) atoms. The van der Waals surface area contributed by atoms with Crippen molar-refractivity contribution in [2.75, 3.05) is 6.54 Å². The van der Waals surface area contributed by atoms with E-state index in [1.54, 1.807) is 0 Å². The molecule has 0 spiro atoms. The lowest BCUT2D eigenvalue weighted by Crippen LogP contribution is -2.41. The van der Waals surface area contributed by atoms with Gasteiger partial charge in [-0.3, -0.25) is 4.84 Å². The van der Waals surface area contributed by atoms with Crippen LogP contribution < -0.4 is 5.73 Å². The van der Waals surface area contributed by atoms with E-state index in [1.807, 2.05) is 0 Å². The van der Waals surface area contributed by atoms with Gasteiger partial charge in [0, 0.05) is 24.5 Å². The fourth-order valence-corrected chi connectivity index (χ4v) is 3.95. The molecule has 0 radical (unpaired) electrons. The zero-order chi connectivity index (χ0) is 13.9. The van der Waals surface area contributed by atoms with Crippen molar-refractivity contribution in [1.82, 2.24) is 9.63 Å². The van der Waals surface area contributed by atoms with Gasteiger partial charge in [0.25, 0.3) is 0 Å². The number of nitrogens with two attached hydrogens (primary N) is 1. The van der Waals surface area contributed by atoms with Crippen molar-refractivity contribution < 1.29 is 4.84 Å². The van der Waals surface area contributed by atoms with Gasteiger partial charge in [-0.2, -0.15) is 5.06 Å². The van der Waals surface area contributed by atoms with Crippen molar-refractivity contribution in [3.63, 3.8) is 0 Å². The van der Waals surface area contributed by atoms with Crippen molar-refractivity contribution in [3.05, 3.63) is 35.5 Å². The van der Waals surface area contributed by atoms with E-state index in [9.17, 15) is 0 Å². The summed E-state index contributed by atoms with van der Waals surface area (Å²) in [5, 5.41) is 3.46. The number of para-hydroxylation sites is 1. The molecule has 2 N–H and O–H groups in total. The normalized spacial score (nSPS) is 32.4. The van der Waals surface area contributed by atoms with Crippen LogP contribution in [0, 0.1) is 0 Å². The first-order valence-electron chi connectivity index (χ1n) is 7.47. The summed E-state index contributed by atoms with van der Waals surface area (Å²) >= 11 is 0. The van der Waals surface area contributed by atoms with Crippen molar-refractivity contribution in [2.45, 2.75) is 38.0 Å². The van der Waals surface area contributed by atoms with E-state index >= 15 is 0 Å². The number of fused-ring (bicyclic) bond motifs is 6. The highest BCUT2D eigenvalue weighted by Crippen LogP contribution is 2.41. The fraction of sp³-hybridized carbons (Fsp3) is 0.500. The van der Waals surface area contributed by atoms with Crippen molar-refractivity contribution in [3.8, 4) is 0 Å². The Balaban J connectivity index is 1.94. The Labute approximate surface area is 119 Å². The topological polar surface area (TPSA) is 43.4 Å². The lowest BCUT2D eigenvalue weighted by molar-refractivity contribution is -0.161. The van der Waals surface area contributed by atoms with Crippen molar-refractivity contribution in [1.29, 1.82) is 0 Å². The van der Waals surface area contributed by atoms with Crippen LogP contribution in [0.25, 0.3) is 10.9 Å². The van der Waals surface area contributed by atoms with E-state index in [0.717, 1.165) is 19.4 Å². The molecule has 1 aromatic carbocycles. The van der Waals surface area contributed by atoms with Gasteiger partial charge in [0.15, 0.2) is 0 Å². The van der Waals surface area contributed by atoms with Gasteiger partial charge in [-0.1, -0.05) is 25.1 Å². The van der Waals surface area contributed by atoms with E-state index in [-0.39, 0.29) is 12.1 Å². The molecular formula is C16H21N3O. The highest BCUT2D eigenvalue weighted by atomic mass is 16.7. The van der Waals surface area contributed by atoms with E-state index in [2.05, 4.69) is 47.9 Å². The Kier molecular flexibility index (Phi) is 2.67. The van der Waals surface area contributed by atoms with E-state index in [1.165, 1.54) is 22.2 Å². The third-order valence-corrected chi connectivity index (χ3v) is 4.94. The number of hydroxylamine groups is 2. The molecule has 4 nitrogen and oxygen atoms in total. The average molecular weight is 271 g/mol. The van der Waals surface area contributed by atoms with Crippen LogP contribution in [0.15, 0.2) is 24.3 Å². The molecule has 0 amide bonds. The van der Waals surface area contributed by atoms with Gasteiger partial charge < -0.3 is 10.3 Å². The summed E-state index contributed by atoms with van der Waals surface area (Å²) in [6.07, 6.45) is 2.07. The molecule has 1 fully saturated rings. The van der Waals surface area contributed by atoms with Crippen LogP contribution in [-0.4, -0.2) is 28.3 Å². The summed E-state index contributed by atoms with van der Waals surface area (Å²) in [7, 11) is 2.13.